The molecule has 0 amide bonds. The van der Waals surface area contributed by atoms with Gasteiger partial charge in [0.05, 0.1) is 5.39 Å². The second-order valence-electron chi connectivity index (χ2n) is 6.84. The molecule has 3 aromatic heterocycles. The lowest BCUT2D eigenvalue weighted by Crippen LogP contribution is -2.07. The van der Waals surface area contributed by atoms with Crippen molar-refractivity contribution in [2.75, 3.05) is 0 Å². The van der Waals surface area contributed by atoms with E-state index in [2.05, 4.69) is 58.3 Å². The van der Waals surface area contributed by atoms with E-state index in [1.165, 1.54) is 11.3 Å². The van der Waals surface area contributed by atoms with Crippen molar-refractivity contribution in [1.82, 2.24) is 24.1 Å². The van der Waals surface area contributed by atoms with Crippen molar-refractivity contribution < 1.29 is 0 Å². The van der Waals surface area contributed by atoms with Crippen LogP contribution in [0, 0.1) is 19.8 Å². The summed E-state index contributed by atoms with van der Waals surface area (Å²) in [6, 6.07) is 8.01. The van der Waals surface area contributed by atoms with E-state index in [0.29, 0.717) is 11.7 Å². The lowest BCUT2D eigenvalue weighted by Gasteiger charge is -2.10. The fourth-order valence-electron chi connectivity index (χ4n) is 3.28. The molecule has 0 saturated heterocycles. The maximum absolute atomic E-state index is 4.83. The van der Waals surface area contributed by atoms with Crippen LogP contribution in [0.3, 0.4) is 0 Å². The van der Waals surface area contributed by atoms with E-state index < -0.39 is 0 Å². The molecule has 1 aromatic carbocycles. The molecule has 0 aliphatic rings. The zero-order valence-electron chi connectivity index (χ0n) is 14.8. The van der Waals surface area contributed by atoms with E-state index in [1.807, 2.05) is 24.3 Å². The molecule has 0 aliphatic carbocycles. The lowest BCUT2D eigenvalue weighted by molar-refractivity contribution is 0.524. The first-order valence-electron chi connectivity index (χ1n) is 8.43. The highest BCUT2D eigenvalue weighted by atomic mass is 79.9. The fourth-order valence-corrected chi connectivity index (χ4v) is 3.74. The highest BCUT2D eigenvalue weighted by Crippen LogP contribution is 2.30. The fraction of sp³-hybridized carbons (Fsp3) is 0.316. The Bertz CT molecular complexity index is 1090. The molecule has 25 heavy (non-hydrogen) atoms. The number of hydrogen-bond acceptors (Lipinski definition) is 3. The average Bonchev–Trinajstić information content (AvgIpc) is 3.10. The van der Waals surface area contributed by atoms with Gasteiger partial charge in [-0.05, 0) is 37.5 Å². The highest BCUT2D eigenvalue weighted by molar-refractivity contribution is 9.10. The molecule has 0 N–H and O–H groups in total. The Labute approximate surface area is 154 Å². The van der Waals surface area contributed by atoms with Crippen molar-refractivity contribution in [3.05, 3.63) is 46.3 Å². The van der Waals surface area contributed by atoms with Gasteiger partial charge in [-0.25, -0.2) is 14.5 Å². The summed E-state index contributed by atoms with van der Waals surface area (Å²) in [5, 5.41) is 5.73. The summed E-state index contributed by atoms with van der Waals surface area (Å²) in [7, 11) is 0. The number of hydrogen-bond donors (Lipinski definition) is 0. The number of aryl methyl sites for hydroxylation is 1. The Morgan fingerprint density at radius 1 is 1.12 bits per heavy atom. The number of rotatable bonds is 3. The standard InChI is InChI=1S/C19H20BrN5/c1-11(2)9-24-13(4)12(3)16-18(24)21-10-25-19(16)22-17(23-25)14-7-5-6-8-15(14)20/h5-8,10-11H,9H2,1-4H3. The largest absolute Gasteiger partial charge is 0.329 e. The summed E-state index contributed by atoms with van der Waals surface area (Å²) < 4.78 is 5.06. The topological polar surface area (TPSA) is 48.0 Å². The monoisotopic (exact) mass is 397 g/mol. The number of aromatic nitrogens is 5. The van der Waals surface area contributed by atoms with E-state index in [0.717, 1.165) is 33.3 Å². The number of benzene rings is 1. The van der Waals surface area contributed by atoms with Gasteiger partial charge in [0.2, 0.25) is 0 Å². The first kappa shape index (κ1) is 16.3. The van der Waals surface area contributed by atoms with Gasteiger partial charge in [0.15, 0.2) is 11.5 Å². The van der Waals surface area contributed by atoms with Gasteiger partial charge in [-0.1, -0.05) is 41.9 Å². The second kappa shape index (κ2) is 5.95. The summed E-state index contributed by atoms with van der Waals surface area (Å²) in [4.78, 5) is 9.52. The lowest BCUT2D eigenvalue weighted by atomic mass is 10.2. The molecule has 128 valence electrons. The van der Waals surface area contributed by atoms with E-state index in [9.17, 15) is 0 Å². The van der Waals surface area contributed by atoms with E-state index in [-0.39, 0.29) is 0 Å². The molecule has 0 atom stereocenters. The molecule has 4 aromatic rings. The molecule has 0 spiro atoms. The summed E-state index contributed by atoms with van der Waals surface area (Å²) >= 11 is 3.59. The van der Waals surface area contributed by atoms with Gasteiger partial charge in [0, 0.05) is 22.3 Å². The SMILES string of the molecule is Cc1c(C)n(CC(C)C)c2ncn3nc(-c4ccccc4Br)nc3c12. The summed E-state index contributed by atoms with van der Waals surface area (Å²) in [6.07, 6.45) is 1.76. The van der Waals surface area contributed by atoms with Crippen LogP contribution in [0.5, 0.6) is 0 Å². The predicted molar refractivity (Wildman–Crippen MR) is 104 cm³/mol. The summed E-state index contributed by atoms with van der Waals surface area (Å²) in [5.74, 6) is 1.26. The molecule has 5 nitrogen and oxygen atoms in total. The van der Waals surface area contributed by atoms with Crippen LogP contribution in [-0.4, -0.2) is 24.1 Å². The number of nitrogens with zero attached hydrogens (tertiary/aromatic N) is 5. The predicted octanol–water partition coefficient (Wildman–Crippen LogP) is 4.78. The Kier molecular flexibility index (Phi) is 3.87. The normalized spacial score (nSPS) is 11.9. The number of fused-ring (bicyclic) bond motifs is 3. The molecule has 4 rings (SSSR count). The summed E-state index contributed by atoms with van der Waals surface area (Å²) in [6.45, 7) is 9.69. The van der Waals surface area contributed by atoms with Crippen molar-refractivity contribution in [1.29, 1.82) is 0 Å². The van der Waals surface area contributed by atoms with Gasteiger partial charge in [-0.15, -0.1) is 5.10 Å². The summed E-state index contributed by atoms with van der Waals surface area (Å²) in [5.41, 5.74) is 5.30. The van der Waals surface area contributed by atoms with Crippen LogP contribution in [0.4, 0.5) is 0 Å². The van der Waals surface area contributed by atoms with E-state index in [1.54, 1.807) is 10.8 Å². The van der Waals surface area contributed by atoms with Gasteiger partial charge < -0.3 is 4.57 Å². The van der Waals surface area contributed by atoms with Crippen molar-refractivity contribution >= 4 is 32.6 Å². The minimum atomic E-state index is 0.556. The molecule has 0 radical (unpaired) electrons. The third kappa shape index (κ3) is 2.56. The maximum atomic E-state index is 4.83. The molecule has 3 heterocycles. The van der Waals surface area contributed by atoms with Crippen molar-refractivity contribution in [2.45, 2.75) is 34.2 Å². The van der Waals surface area contributed by atoms with E-state index >= 15 is 0 Å². The Morgan fingerprint density at radius 3 is 2.60 bits per heavy atom. The molecule has 0 fully saturated rings. The molecular weight excluding hydrogens is 378 g/mol. The first-order valence-corrected chi connectivity index (χ1v) is 9.22. The first-order chi connectivity index (χ1) is 12.0. The van der Waals surface area contributed by atoms with Gasteiger partial charge in [0.1, 0.15) is 12.0 Å². The Morgan fingerprint density at radius 2 is 1.88 bits per heavy atom. The van der Waals surface area contributed by atoms with Crippen LogP contribution < -0.4 is 0 Å². The molecular formula is C19H20BrN5. The van der Waals surface area contributed by atoms with Gasteiger partial charge in [-0.2, -0.15) is 0 Å². The molecule has 6 heteroatoms. The second-order valence-corrected chi connectivity index (χ2v) is 7.70. The third-order valence-corrected chi connectivity index (χ3v) is 5.30. The quantitative estimate of drug-likeness (QED) is 0.499. The zero-order chi connectivity index (χ0) is 17.7. The Hall–Kier alpha value is -2.21. The minimum absolute atomic E-state index is 0.556. The highest BCUT2D eigenvalue weighted by Gasteiger charge is 2.19. The molecule has 0 saturated carbocycles. The van der Waals surface area contributed by atoms with Gasteiger partial charge in [0.25, 0.3) is 0 Å². The van der Waals surface area contributed by atoms with Crippen molar-refractivity contribution in [2.24, 2.45) is 5.92 Å². The molecule has 0 unspecified atom stereocenters. The van der Waals surface area contributed by atoms with Crippen LogP contribution in [0.25, 0.3) is 28.1 Å². The van der Waals surface area contributed by atoms with Crippen LogP contribution in [0.2, 0.25) is 0 Å². The van der Waals surface area contributed by atoms with Crippen LogP contribution in [0.15, 0.2) is 35.1 Å². The van der Waals surface area contributed by atoms with E-state index in [4.69, 9.17) is 4.98 Å². The zero-order valence-corrected chi connectivity index (χ0v) is 16.4. The van der Waals surface area contributed by atoms with Gasteiger partial charge >= 0.3 is 0 Å². The van der Waals surface area contributed by atoms with Crippen LogP contribution >= 0.6 is 15.9 Å². The third-order valence-electron chi connectivity index (χ3n) is 4.61. The number of halogens is 1. The maximum Gasteiger partial charge on any atom is 0.183 e. The van der Waals surface area contributed by atoms with Crippen LogP contribution in [-0.2, 0) is 6.54 Å². The Balaban J connectivity index is 2.00. The average molecular weight is 398 g/mol. The van der Waals surface area contributed by atoms with Crippen molar-refractivity contribution in [3.63, 3.8) is 0 Å². The minimum Gasteiger partial charge on any atom is -0.329 e. The molecule has 0 aliphatic heterocycles. The van der Waals surface area contributed by atoms with Gasteiger partial charge in [-0.3, -0.25) is 0 Å². The van der Waals surface area contributed by atoms with Crippen LogP contribution in [0.1, 0.15) is 25.1 Å². The van der Waals surface area contributed by atoms with Crippen molar-refractivity contribution in [3.8, 4) is 11.4 Å². The smallest absolute Gasteiger partial charge is 0.183 e. The molecule has 0 bridgehead atoms.